The van der Waals surface area contributed by atoms with E-state index in [0.29, 0.717) is 0 Å². The number of unbranched alkanes of at least 4 members (excludes halogenated alkanes) is 2. The Hall–Kier alpha value is -1.55. The van der Waals surface area contributed by atoms with E-state index >= 15 is 0 Å². The van der Waals surface area contributed by atoms with Crippen LogP contribution in [0, 0.1) is 0 Å². The van der Waals surface area contributed by atoms with E-state index < -0.39 is 0 Å². The number of hydrogen-bond donors (Lipinski definition) is 1. The highest BCUT2D eigenvalue weighted by molar-refractivity contribution is 6.30. The first-order chi connectivity index (χ1) is 14.2. The van der Waals surface area contributed by atoms with Gasteiger partial charge in [0.2, 0.25) is 0 Å². The van der Waals surface area contributed by atoms with Crippen LogP contribution in [-0.4, -0.2) is 38.2 Å². The Bertz CT molecular complexity index is 664. The average molecular weight is 417 g/mol. The number of halogens is 1. The molecule has 0 aromatic heterocycles. The molecular formula is C25H37ClN2O. The maximum Gasteiger partial charge on any atom is 0.118 e. The normalized spacial score (nSPS) is 12.3. The lowest BCUT2D eigenvalue weighted by Crippen LogP contribution is -2.31. The molecule has 0 aliphatic carbocycles. The minimum Gasteiger partial charge on any atom is -0.497 e. The number of nitrogens with zero attached hydrogens (tertiary/aromatic N) is 1. The molecule has 2 rings (SSSR count). The van der Waals surface area contributed by atoms with Gasteiger partial charge in [-0.3, -0.25) is 0 Å². The molecule has 0 aliphatic heterocycles. The van der Waals surface area contributed by atoms with E-state index in [1.165, 1.54) is 49.9 Å². The maximum absolute atomic E-state index is 6.10. The van der Waals surface area contributed by atoms with Crippen molar-refractivity contribution in [2.45, 2.75) is 52.0 Å². The van der Waals surface area contributed by atoms with Crippen molar-refractivity contribution >= 4 is 11.6 Å². The zero-order chi connectivity index (χ0) is 20.9. The molecule has 0 radical (unpaired) electrons. The third-order valence-electron chi connectivity index (χ3n) is 5.31. The van der Waals surface area contributed by atoms with Gasteiger partial charge >= 0.3 is 0 Å². The summed E-state index contributed by atoms with van der Waals surface area (Å²) >= 11 is 6.10. The van der Waals surface area contributed by atoms with Crippen molar-refractivity contribution in [3.05, 3.63) is 64.7 Å². The van der Waals surface area contributed by atoms with Crippen LogP contribution < -0.4 is 10.1 Å². The molecule has 2 aromatic carbocycles. The second-order valence-corrected chi connectivity index (χ2v) is 8.05. The van der Waals surface area contributed by atoms with Crippen LogP contribution in [0.5, 0.6) is 5.75 Å². The van der Waals surface area contributed by atoms with Gasteiger partial charge in [-0.05, 0) is 80.8 Å². The van der Waals surface area contributed by atoms with Crippen LogP contribution in [0.1, 0.15) is 63.1 Å². The topological polar surface area (TPSA) is 24.5 Å². The number of nitrogens with one attached hydrogen (secondary N) is 1. The molecule has 0 aliphatic rings. The van der Waals surface area contributed by atoms with Crippen molar-refractivity contribution in [3.63, 3.8) is 0 Å². The highest BCUT2D eigenvalue weighted by Gasteiger charge is 2.14. The second kappa shape index (κ2) is 13.6. The maximum atomic E-state index is 6.10. The fourth-order valence-electron chi connectivity index (χ4n) is 3.53. The van der Waals surface area contributed by atoms with Gasteiger partial charge in [-0.15, -0.1) is 0 Å². The molecule has 4 heteroatoms. The van der Waals surface area contributed by atoms with Crippen LogP contribution in [0.3, 0.4) is 0 Å². The summed E-state index contributed by atoms with van der Waals surface area (Å²) in [6.45, 7) is 9.11. The lowest BCUT2D eigenvalue weighted by Gasteiger charge is -2.24. The van der Waals surface area contributed by atoms with Crippen LogP contribution in [0.25, 0.3) is 0 Å². The highest BCUT2D eigenvalue weighted by atomic mass is 35.5. The summed E-state index contributed by atoms with van der Waals surface area (Å²) in [5.41, 5.74) is 2.47. The molecule has 2 aromatic rings. The lowest BCUT2D eigenvalue weighted by atomic mass is 9.98. The highest BCUT2D eigenvalue weighted by Crippen LogP contribution is 2.25. The molecular weight excluding hydrogens is 380 g/mol. The molecule has 1 atom stereocenters. The summed E-state index contributed by atoms with van der Waals surface area (Å²) in [7, 11) is 1.70. The second-order valence-electron chi connectivity index (χ2n) is 7.61. The first kappa shape index (κ1) is 23.7. The van der Waals surface area contributed by atoms with Gasteiger partial charge in [0.1, 0.15) is 5.75 Å². The molecule has 1 N–H and O–H groups in total. The van der Waals surface area contributed by atoms with Crippen LogP contribution >= 0.6 is 11.6 Å². The fourth-order valence-corrected chi connectivity index (χ4v) is 3.65. The molecule has 29 heavy (non-hydrogen) atoms. The number of methoxy groups -OCH3 is 1. The summed E-state index contributed by atoms with van der Waals surface area (Å²) in [5.74, 6) is 0.881. The van der Waals surface area contributed by atoms with Crippen LogP contribution in [-0.2, 0) is 0 Å². The van der Waals surface area contributed by atoms with E-state index in [4.69, 9.17) is 16.3 Å². The van der Waals surface area contributed by atoms with E-state index in [1.54, 1.807) is 7.11 Å². The molecule has 0 saturated carbocycles. The Kier molecular flexibility index (Phi) is 11.2. The first-order valence-electron chi connectivity index (χ1n) is 11.0. The molecule has 0 saturated heterocycles. The molecule has 3 nitrogen and oxygen atoms in total. The number of benzene rings is 2. The fraction of sp³-hybridized carbons (Fsp3) is 0.520. The van der Waals surface area contributed by atoms with E-state index in [0.717, 1.165) is 30.3 Å². The Morgan fingerprint density at radius 3 is 1.86 bits per heavy atom. The third-order valence-corrected chi connectivity index (χ3v) is 5.56. The van der Waals surface area contributed by atoms with Gasteiger partial charge < -0.3 is 15.0 Å². The Balaban J connectivity index is 1.98. The Morgan fingerprint density at radius 1 is 0.828 bits per heavy atom. The van der Waals surface area contributed by atoms with Crippen molar-refractivity contribution in [2.24, 2.45) is 0 Å². The van der Waals surface area contributed by atoms with Crippen LogP contribution in [0.15, 0.2) is 48.5 Å². The van der Waals surface area contributed by atoms with Gasteiger partial charge in [0, 0.05) is 5.02 Å². The molecule has 0 heterocycles. The van der Waals surface area contributed by atoms with Crippen molar-refractivity contribution in [1.29, 1.82) is 0 Å². The van der Waals surface area contributed by atoms with Gasteiger partial charge in [-0.25, -0.2) is 0 Å². The summed E-state index contributed by atoms with van der Waals surface area (Å²) in [4.78, 5) is 2.62. The average Bonchev–Trinajstić information content (AvgIpc) is 2.76. The predicted octanol–water partition coefficient (Wildman–Crippen LogP) is 6.32. The monoisotopic (exact) mass is 416 g/mol. The summed E-state index contributed by atoms with van der Waals surface area (Å²) in [6, 6.07) is 16.6. The summed E-state index contributed by atoms with van der Waals surface area (Å²) in [6.07, 6.45) is 6.24. The standard InChI is InChI=1S/C25H37ClN2O/c1-4-6-18-28(19-7-5-2)20-8-17-27-25(21-9-13-23(26)14-10-21)22-11-15-24(29-3)16-12-22/h9-16,25,27H,4-8,17-20H2,1-3H3/t25-/m1/s1. The molecule has 0 spiro atoms. The van der Waals surface area contributed by atoms with Crippen molar-refractivity contribution in [2.75, 3.05) is 33.3 Å². The largest absolute Gasteiger partial charge is 0.497 e. The van der Waals surface area contributed by atoms with Gasteiger partial charge in [-0.1, -0.05) is 62.6 Å². The van der Waals surface area contributed by atoms with Gasteiger partial charge in [-0.2, -0.15) is 0 Å². The van der Waals surface area contributed by atoms with Crippen LogP contribution in [0.2, 0.25) is 5.02 Å². The SMILES string of the molecule is CCCCN(CCCC)CCCN[C@H](c1ccc(Cl)cc1)c1ccc(OC)cc1. The molecule has 0 fully saturated rings. The number of rotatable bonds is 14. The van der Waals surface area contributed by atoms with E-state index in [2.05, 4.69) is 48.3 Å². The van der Waals surface area contributed by atoms with Crippen molar-refractivity contribution < 1.29 is 4.74 Å². The minimum absolute atomic E-state index is 0.151. The van der Waals surface area contributed by atoms with Crippen LogP contribution in [0.4, 0.5) is 0 Å². The van der Waals surface area contributed by atoms with Crippen molar-refractivity contribution in [1.82, 2.24) is 10.2 Å². The predicted molar refractivity (Wildman–Crippen MR) is 125 cm³/mol. The first-order valence-corrected chi connectivity index (χ1v) is 11.4. The van der Waals surface area contributed by atoms with E-state index in [9.17, 15) is 0 Å². The van der Waals surface area contributed by atoms with Crippen molar-refractivity contribution in [3.8, 4) is 5.75 Å². The molecule has 0 unspecified atom stereocenters. The summed E-state index contributed by atoms with van der Waals surface area (Å²) < 4.78 is 5.32. The van der Waals surface area contributed by atoms with Gasteiger partial charge in [0.05, 0.1) is 13.2 Å². The molecule has 0 bridgehead atoms. The Morgan fingerprint density at radius 2 is 1.34 bits per heavy atom. The Labute approximate surface area is 182 Å². The zero-order valence-corrected chi connectivity index (χ0v) is 19.0. The minimum atomic E-state index is 0.151. The third kappa shape index (κ3) is 8.38. The lowest BCUT2D eigenvalue weighted by molar-refractivity contribution is 0.260. The van der Waals surface area contributed by atoms with Gasteiger partial charge in [0.15, 0.2) is 0 Å². The quantitative estimate of drug-likeness (QED) is 0.364. The zero-order valence-electron chi connectivity index (χ0n) is 18.3. The summed E-state index contributed by atoms with van der Waals surface area (Å²) in [5, 5.41) is 4.53. The smallest absolute Gasteiger partial charge is 0.118 e. The molecule has 0 amide bonds. The van der Waals surface area contributed by atoms with E-state index in [1.807, 2.05) is 24.3 Å². The van der Waals surface area contributed by atoms with Gasteiger partial charge in [0.25, 0.3) is 0 Å². The molecule has 160 valence electrons. The number of ether oxygens (including phenoxy) is 1. The van der Waals surface area contributed by atoms with E-state index in [-0.39, 0.29) is 6.04 Å². The number of hydrogen-bond acceptors (Lipinski definition) is 3.